The van der Waals surface area contributed by atoms with E-state index in [2.05, 4.69) is 69.4 Å². The van der Waals surface area contributed by atoms with Crippen LogP contribution in [0, 0.1) is 0 Å². The highest BCUT2D eigenvalue weighted by Gasteiger charge is 2.19. The van der Waals surface area contributed by atoms with Gasteiger partial charge in [-0.25, -0.2) is 0 Å². The first-order valence-corrected chi connectivity index (χ1v) is 27.6. The van der Waals surface area contributed by atoms with E-state index in [1.54, 1.807) is 0 Å². The molecule has 0 saturated carbocycles. The number of carbonyl (C=O) groups is 3. The van der Waals surface area contributed by atoms with Crippen LogP contribution in [0.5, 0.6) is 0 Å². The van der Waals surface area contributed by atoms with Crippen molar-refractivity contribution < 1.29 is 28.6 Å². The van der Waals surface area contributed by atoms with Crippen molar-refractivity contribution in [2.75, 3.05) is 13.2 Å². The van der Waals surface area contributed by atoms with Crippen LogP contribution in [0.2, 0.25) is 0 Å². The Bertz CT molecular complexity index is 1120. The molecule has 6 heteroatoms. The summed E-state index contributed by atoms with van der Waals surface area (Å²) in [7, 11) is 0. The summed E-state index contributed by atoms with van der Waals surface area (Å²) >= 11 is 0. The third-order valence-corrected chi connectivity index (χ3v) is 12.1. The van der Waals surface area contributed by atoms with Crippen LogP contribution in [0.15, 0.2) is 48.6 Å². The van der Waals surface area contributed by atoms with Crippen LogP contribution in [0.3, 0.4) is 0 Å². The summed E-state index contributed by atoms with van der Waals surface area (Å²) < 4.78 is 16.8. The van der Waals surface area contributed by atoms with Gasteiger partial charge in [0.1, 0.15) is 13.2 Å². The summed E-state index contributed by atoms with van der Waals surface area (Å²) in [4.78, 5) is 37.9. The molecule has 0 aromatic heterocycles. The maximum Gasteiger partial charge on any atom is 0.306 e. The smallest absolute Gasteiger partial charge is 0.306 e. The Hall–Kier alpha value is -2.63. The normalized spacial score (nSPS) is 12.4. The molecule has 0 aromatic carbocycles. The molecule has 1 unspecified atom stereocenters. The van der Waals surface area contributed by atoms with Crippen LogP contribution in [0.1, 0.15) is 284 Å². The van der Waals surface area contributed by atoms with Crippen LogP contribution < -0.4 is 0 Å². The van der Waals surface area contributed by atoms with Crippen molar-refractivity contribution in [1.29, 1.82) is 0 Å². The fourth-order valence-corrected chi connectivity index (χ4v) is 7.96. The van der Waals surface area contributed by atoms with Crippen LogP contribution in [-0.4, -0.2) is 37.2 Å². The molecule has 0 N–H and O–H groups in total. The Kier molecular flexibility index (Phi) is 50.8. The van der Waals surface area contributed by atoms with Crippen molar-refractivity contribution in [3.05, 3.63) is 48.6 Å². The molecule has 0 heterocycles. The second kappa shape index (κ2) is 53.0. The van der Waals surface area contributed by atoms with Gasteiger partial charge < -0.3 is 14.2 Å². The summed E-state index contributed by atoms with van der Waals surface area (Å²) in [6.45, 7) is 6.50. The first kappa shape index (κ1) is 61.4. The van der Waals surface area contributed by atoms with Gasteiger partial charge in [0.25, 0.3) is 0 Å². The molecule has 1 atom stereocenters. The Labute approximate surface area is 397 Å². The van der Waals surface area contributed by atoms with Gasteiger partial charge in [0, 0.05) is 19.3 Å². The molecule has 0 rings (SSSR count). The summed E-state index contributed by atoms with van der Waals surface area (Å²) in [6, 6.07) is 0. The van der Waals surface area contributed by atoms with Gasteiger partial charge in [0.15, 0.2) is 6.10 Å². The van der Waals surface area contributed by atoms with E-state index in [9.17, 15) is 14.4 Å². The lowest BCUT2D eigenvalue weighted by Crippen LogP contribution is -2.30. The molecule has 6 nitrogen and oxygen atoms in total. The molecule has 64 heavy (non-hydrogen) atoms. The molecule has 0 aliphatic rings. The molecule has 0 fully saturated rings. The number of rotatable bonds is 50. The lowest BCUT2D eigenvalue weighted by Gasteiger charge is -2.18. The van der Waals surface area contributed by atoms with Gasteiger partial charge in [-0.3, -0.25) is 14.4 Å². The molecule has 372 valence electrons. The summed E-state index contributed by atoms with van der Waals surface area (Å²) in [5.41, 5.74) is 0. The second-order valence-electron chi connectivity index (χ2n) is 18.5. The summed E-state index contributed by atoms with van der Waals surface area (Å²) in [5.74, 6) is -0.919. The van der Waals surface area contributed by atoms with Gasteiger partial charge in [-0.15, -0.1) is 0 Å². The predicted molar refractivity (Wildman–Crippen MR) is 275 cm³/mol. The van der Waals surface area contributed by atoms with Crippen molar-refractivity contribution in [3.63, 3.8) is 0 Å². The number of allylic oxidation sites excluding steroid dienone is 8. The van der Waals surface area contributed by atoms with E-state index < -0.39 is 6.10 Å². The molecule has 0 radical (unpaired) electrons. The van der Waals surface area contributed by atoms with E-state index in [1.165, 1.54) is 161 Å². The van der Waals surface area contributed by atoms with E-state index in [0.29, 0.717) is 19.3 Å². The monoisotopic (exact) mass is 897 g/mol. The molecule has 0 saturated heterocycles. The standard InChI is InChI=1S/C58H104O6/c1-4-7-10-13-16-19-21-23-25-26-27-28-29-30-31-33-34-36-39-42-45-48-51-57(60)63-54-55(53-62-56(59)50-47-44-41-38-18-15-12-9-6-3)64-58(61)52-49-46-43-40-37-35-32-24-22-20-17-14-11-8-5-2/h8,11,17,20,24,32,37,40,55H,4-7,9-10,12-16,18-19,21-23,25-31,33-36,38-39,41-54H2,1-3H3/b11-8-,20-17-,32-24-,40-37-. The van der Waals surface area contributed by atoms with Crippen LogP contribution >= 0.6 is 0 Å². The SMILES string of the molecule is CC/C=C\C/C=C\C/C=C\C/C=C\CCCCC(=O)OC(COC(=O)CCCCCCCCCCC)COC(=O)CCCCCCCCCCCCCCCCCCCCCCCC. The van der Waals surface area contributed by atoms with E-state index in [0.717, 1.165) is 77.0 Å². The van der Waals surface area contributed by atoms with Gasteiger partial charge in [-0.05, 0) is 57.8 Å². The molecular weight excluding hydrogens is 793 g/mol. The Balaban J connectivity index is 4.25. The zero-order valence-corrected chi connectivity index (χ0v) is 42.6. The lowest BCUT2D eigenvalue weighted by molar-refractivity contribution is -0.167. The Morgan fingerprint density at radius 1 is 0.328 bits per heavy atom. The minimum Gasteiger partial charge on any atom is -0.462 e. The number of hydrogen-bond donors (Lipinski definition) is 0. The fourth-order valence-electron chi connectivity index (χ4n) is 7.96. The third-order valence-electron chi connectivity index (χ3n) is 12.1. The average molecular weight is 897 g/mol. The van der Waals surface area contributed by atoms with Crippen LogP contribution in [0.25, 0.3) is 0 Å². The Morgan fingerprint density at radius 2 is 0.609 bits per heavy atom. The highest BCUT2D eigenvalue weighted by molar-refractivity contribution is 5.71. The number of ether oxygens (including phenoxy) is 3. The minimum atomic E-state index is -0.789. The lowest BCUT2D eigenvalue weighted by atomic mass is 10.0. The maximum atomic E-state index is 12.8. The molecule has 0 aliphatic heterocycles. The van der Waals surface area contributed by atoms with Crippen molar-refractivity contribution in [2.24, 2.45) is 0 Å². The Morgan fingerprint density at radius 3 is 0.953 bits per heavy atom. The first-order chi connectivity index (χ1) is 31.5. The largest absolute Gasteiger partial charge is 0.462 e. The average Bonchev–Trinajstić information content (AvgIpc) is 3.29. The topological polar surface area (TPSA) is 78.9 Å². The van der Waals surface area contributed by atoms with E-state index in [1.807, 2.05) is 0 Å². The molecular formula is C58H104O6. The zero-order valence-electron chi connectivity index (χ0n) is 42.6. The summed E-state index contributed by atoms with van der Waals surface area (Å²) in [6.07, 6.45) is 64.1. The molecule has 0 aliphatic carbocycles. The second-order valence-corrected chi connectivity index (χ2v) is 18.5. The van der Waals surface area contributed by atoms with Gasteiger partial charge >= 0.3 is 17.9 Å². The number of esters is 3. The summed E-state index contributed by atoms with van der Waals surface area (Å²) in [5, 5.41) is 0. The quantitative estimate of drug-likeness (QED) is 0.0262. The van der Waals surface area contributed by atoms with Crippen LogP contribution in [0.4, 0.5) is 0 Å². The number of unbranched alkanes of at least 4 members (excludes halogenated alkanes) is 31. The highest BCUT2D eigenvalue weighted by atomic mass is 16.6. The van der Waals surface area contributed by atoms with Crippen LogP contribution in [-0.2, 0) is 28.6 Å². The van der Waals surface area contributed by atoms with Gasteiger partial charge in [-0.1, -0.05) is 256 Å². The highest BCUT2D eigenvalue weighted by Crippen LogP contribution is 2.17. The van der Waals surface area contributed by atoms with Crippen molar-refractivity contribution >= 4 is 17.9 Å². The number of carbonyl (C=O) groups excluding carboxylic acids is 3. The maximum absolute atomic E-state index is 12.8. The molecule has 0 bridgehead atoms. The van der Waals surface area contributed by atoms with Crippen molar-refractivity contribution in [1.82, 2.24) is 0 Å². The fraction of sp³-hybridized carbons (Fsp3) is 0.810. The van der Waals surface area contributed by atoms with Crippen molar-refractivity contribution in [3.8, 4) is 0 Å². The molecule has 0 aromatic rings. The van der Waals surface area contributed by atoms with E-state index in [-0.39, 0.29) is 37.5 Å². The van der Waals surface area contributed by atoms with Gasteiger partial charge in [-0.2, -0.15) is 0 Å². The van der Waals surface area contributed by atoms with E-state index >= 15 is 0 Å². The van der Waals surface area contributed by atoms with Gasteiger partial charge in [0.2, 0.25) is 0 Å². The third kappa shape index (κ3) is 50.4. The van der Waals surface area contributed by atoms with Gasteiger partial charge in [0.05, 0.1) is 0 Å². The first-order valence-electron chi connectivity index (χ1n) is 27.6. The predicted octanol–water partition coefficient (Wildman–Crippen LogP) is 18.3. The van der Waals surface area contributed by atoms with E-state index in [4.69, 9.17) is 14.2 Å². The number of hydrogen-bond acceptors (Lipinski definition) is 6. The molecule has 0 spiro atoms. The van der Waals surface area contributed by atoms with Crippen molar-refractivity contribution in [2.45, 2.75) is 290 Å². The zero-order chi connectivity index (χ0) is 46.5. The molecule has 0 amide bonds. The minimum absolute atomic E-state index is 0.0862.